The molecule has 1 radical (unpaired) electrons. The maximum Gasteiger partial charge on any atom is 2.00 e. The molecule has 0 bridgehead atoms. The molecule has 0 saturated heterocycles. The van der Waals surface area contributed by atoms with Gasteiger partial charge in [0.25, 0.3) is 0 Å². The number of nitrogens with two attached hydrogens (primary N) is 2. The standard InChI is InChI=1S/2C15H11NO2.2ClHO4.Cu/c2*16-13-14(17)11-8-4-5-9-12(11)18-15(13)10-6-2-1-3-7-10;2*2-1(3,4)5;/h2*1-9H,16H2;2*(H,2,3,4,5);/q;;;;+2/p-2. The fourth-order valence-electron chi connectivity index (χ4n) is 3.92. The number of rotatable bonds is 2. The molecule has 249 valence electrons. The molecule has 0 atom stereocenters. The van der Waals surface area contributed by atoms with Crippen LogP contribution in [-0.2, 0) is 17.1 Å². The third-order valence-electron chi connectivity index (χ3n) is 5.74. The first-order valence-corrected chi connectivity index (χ1v) is 15.0. The predicted octanol–water partition coefficient (Wildman–Crippen LogP) is -3.43. The summed E-state index contributed by atoms with van der Waals surface area (Å²) in [5, 5.41) is 1.02. The van der Waals surface area contributed by atoms with Gasteiger partial charge in [0.2, 0.25) is 10.9 Å². The smallest absolute Gasteiger partial charge is 0.454 e. The van der Waals surface area contributed by atoms with E-state index in [4.69, 9.17) is 57.6 Å². The van der Waals surface area contributed by atoms with Crippen molar-refractivity contribution in [3.8, 4) is 22.6 Å². The van der Waals surface area contributed by atoms with Crippen molar-refractivity contribution >= 4 is 33.3 Å². The van der Waals surface area contributed by atoms with Crippen molar-refractivity contribution in [3.05, 3.63) is 130 Å². The Labute approximate surface area is 279 Å². The Balaban J connectivity index is 0.000000251. The van der Waals surface area contributed by atoms with Gasteiger partial charge >= 0.3 is 17.1 Å². The summed E-state index contributed by atoms with van der Waals surface area (Å²) in [6.07, 6.45) is 0. The van der Waals surface area contributed by atoms with E-state index in [-0.39, 0.29) is 39.3 Å². The fraction of sp³-hybridized carbons (Fsp3) is 0. The van der Waals surface area contributed by atoms with Gasteiger partial charge in [-0.05, 0) is 24.3 Å². The minimum absolute atomic E-state index is 0. The molecule has 2 aromatic heterocycles. The van der Waals surface area contributed by atoms with Crippen molar-refractivity contribution in [3.63, 3.8) is 0 Å². The van der Waals surface area contributed by atoms with E-state index < -0.39 is 20.5 Å². The number of hydrogen-bond acceptors (Lipinski definition) is 14. The van der Waals surface area contributed by atoms with Crippen LogP contribution in [0.4, 0.5) is 11.4 Å². The van der Waals surface area contributed by atoms with Crippen LogP contribution >= 0.6 is 0 Å². The zero-order chi connectivity index (χ0) is 34.1. The predicted molar refractivity (Wildman–Crippen MR) is 145 cm³/mol. The van der Waals surface area contributed by atoms with Crippen LogP contribution < -0.4 is 59.6 Å². The normalized spacial score (nSPS) is 10.7. The van der Waals surface area contributed by atoms with Crippen molar-refractivity contribution in [1.82, 2.24) is 0 Å². The topological polar surface area (TPSA) is 297 Å². The first kappa shape index (κ1) is 38.9. The zero-order valence-electron chi connectivity index (χ0n) is 23.5. The summed E-state index contributed by atoms with van der Waals surface area (Å²) in [5.74, 6) is 0.860. The average Bonchev–Trinajstić information content (AvgIpc) is 3.00. The monoisotopic (exact) mass is 735 g/mol. The van der Waals surface area contributed by atoms with Gasteiger partial charge in [0.15, 0.2) is 11.5 Å². The van der Waals surface area contributed by atoms with Crippen LogP contribution in [-0.4, -0.2) is 0 Å². The molecule has 6 aromatic rings. The third kappa shape index (κ3) is 12.1. The van der Waals surface area contributed by atoms with Gasteiger partial charge in [-0.2, -0.15) is 0 Å². The van der Waals surface area contributed by atoms with Crippen molar-refractivity contribution < 1.29 is 83.7 Å². The number of halogens is 2. The second kappa shape index (κ2) is 17.0. The molecular formula is C30H22Cl2CuN2O12. The van der Waals surface area contributed by atoms with Gasteiger partial charge in [-0.3, -0.25) is 9.59 Å². The van der Waals surface area contributed by atoms with Crippen LogP contribution in [0, 0.1) is 20.5 Å². The molecule has 6 rings (SSSR count). The van der Waals surface area contributed by atoms with Crippen molar-refractivity contribution in [2.45, 2.75) is 0 Å². The molecular weight excluding hydrogens is 715 g/mol. The SMILES string of the molecule is Nc1c(-c2ccccc2)oc2ccccc2c1=O.Nc1c(-c2ccccc2)oc2ccccc2c1=O.[Cu+2].[O-][Cl+3]([O-])([O-])[O-].[O-][Cl+3]([O-])([O-])[O-]. The van der Waals surface area contributed by atoms with Crippen molar-refractivity contribution in [2.75, 3.05) is 11.5 Å². The number of fused-ring (bicyclic) bond motifs is 2. The summed E-state index contributed by atoms with van der Waals surface area (Å²) in [6.45, 7) is 0. The van der Waals surface area contributed by atoms with E-state index in [9.17, 15) is 9.59 Å². The largest absolute Gasteiger partial charge is 2.00 e. The fourth-order valence-corrected chi connectivity index (χ4v) is 3.92. The van der Waals surface area contributed by atoms with Gasteiger partial charge in [-0.15, -0.1) is 20.5 Å². The van der Waals surface area contributed by atoms with Crippen molar-refractivity contribution in [2.24, 2.45) is 0 Å². The van der Waals surface area contributed by atoms with Crippen LogP contribution in [0.1, 0.15) is 0 Å². The Kier molecular flexibility index (Phi) is 14.1. The average molecular weight is 737 g/mol. The van der Waals surface area contributed by atoms with E-state index in [0.717, 1.165) is 11.1 Å². The number of para-hydroxylation sites is 2. The molecule has 0 saturated carbocycles. The molecule has 2 heterocycles. The molecule has 47 heavy (non-hydrogen) atoms. The van der Waals surface area contributed by atoms with Crippen LogP contribution in [0.2, 0.25) is 0 Å². The first-order chi connectivity index (χ1) is 21.5. The minimum atomic E-state index is -4.94. The number of hydrogen-bond donors (Lipinski definition) is 2. The van der Waals surface area contributed by atoms with E-state index in [0.29, 0.717) is 33.5 Å². The second-order valence-electron chi connectivity index (χ2n) is 8.83. The van der Waals surface area contributed by atoms with Crippen LogP contribution in [0.25, 0.3) is 44.6 Å². The Hall–Kier alpha value is -4.32. The van der Waals surface area contributed by atoms with Crippen LogP contribution in [0.15, 0.2) is 128 Å². The summed E-state index contributed by atoms with van der Waals surface area (Å²) in [6, 6.07) is 33.0. The Morgan fingerprint density at radius 1 is 0.447 bits per heavy atom. The molecule has 17 heteroatoms. The Bertz CT molecular complexity index is 1860. The number of benzene rings is 4. The molecule has 4 N–H and O–H groups in total. The van der Waals surface area contributed by atoms with Gasteiger partial charge in [0.1, 0.15) is 22.5 Å². The molecule has 14 nitrogen and oxygen atoms in total. The number of nitrogen functional groups attached to an aromatic ring is 2. The summed E-state index contributed by atoms with van der Waals surface area (Å²) < 4.78 is 79.4. The van der Waals surface area contributed by atoms with Crippen molar-refractivity contribution in [1.29, 1.82) is 0 Å². The Morgan fingerprint density at radius 3 is 1.00 bits per heavy atom. The molecule has 0 aliphatic heterocycles. The van der Waals surface area contributed by atoms with Crippen LogP contribution in [0.5, 0.6) is 0 Å². The van der Waals surface area contributed by atoms with Gasteiger partial charge in [0, 0.05) is 11.1 Å². The number of anilines is 2. The maximum absolute atomic E-state index is 12.1. The summed E-state index contributed by atoms with van der Waals surface area (Å²) >= 11 is 0. The zero-order valence-corrected chi connectivity index (χ0v) is 26.0. The third-order valence-corrected chi connectivity index (χ3v) is 5.74. The molecule has 0 aliphatic rings. The van der Waals surface area contributed by atoms with E-state index in [1.807, 2.05) is 72.8 Å². The van der Waals surface area contributed by atoms with Gasteiger partial charge < -0.3 is 20.3 Å². The molecule has 0 fully saturated rings. The summed E-state index contributed by atoms with van der Waals surface area (Å²) in [5.41, 5.74) is 14.4. The second-order valence-corrected chi connectivity index (χ2v) is 10.3. The molecule has 0 aliphatic carbocycles. The van der Waals surface area contributed by atoms with Gasteiger partial charge in [-0.1, -0.05) is 84.9 Å². The molecule has 0 amide bonds. The van der Waals surface area contributed by atoms with E-state index in [2.05, 4.69) is 0 Å². The van der Waals surface area contributed by atoms with E-state index in [1.54, 1.807) is 36.4 Å². The summed E-state index contributed by atoms with van der Waals surface area (Å²) in [4.78, 5) is 24.3. The molecule has 0 unspecified atom stereocenters. The maximum atomic E-state index is 12.1. The molecule has 0 spiro atoms. The first-order valence-electron chi connectivity index (χ1n) is 12.5. The van der Waals surface area contributed by atoms with Crippen LogP contribution in [0.3, 0.4) is 0 Å². The van der Waals surface area contributed by atoms with Gasteiger partial charge in [-0.25, -0.2) is 37.3 Å². The quantitative estimate of drug-likeness (QED) is 0.164. The Morgan fingerprint density at radius 2 is 0.702 bits per heavy atom. The molecule has 4 aromatic carbocycles. The van der Waals surface area contributed by atoms with E-state index >= 15 is 0 Å². The summed E-state index contributed by atoms with van der Waals surface area (Å²) in [7, 11) is -9.89. The van der Waals surface area contributed by atoms with E-state index in [1.165, 1.54) is 0 Å². The minimum Gasteiger partial charge on any atom is -0.454 e. The van der Waals surface area contributed by atoms with Gasteiger partial charge in [0.05, 0.1) is 10.8 Å².